The van der Waals surface area contributed by atoms with E-state index in [1.165, 1.54) is 24.8 Å². The van der Waals surface area contributed by atoms with E-state index in [1.807, 2.05) is 19.9 Å². The van der Waals surface area contributed by atoms with Gasteiger partial charge in [0, 0.05) is 6.42 Å². The van der Waals surface area contributed by atoms with Crippen LogP contribution in [0.5, 0.6) is 0 Å². The van der Waals surface area contributed by atoms with E-state index in [-0.39, 0.29) is 22.7 Å². The van der Waals surface area contributed by atoms with Crippen LogP contribution in [0.1, 0.15) is 99.8 Å². The van der Waals surface area contributed by atoms with E-state index < -0.39 is 11.6 Å². The predicted molar refractivity (Wildman–Crippen MR) is 137 cm³/mol. The van der Waals surface area contributed by atoms with Crippen LogP contribution in [0.2, 0.25) is 0 Å². The molecule has 0 amide bonds. The van der Waals surface area contributed by atoms with Gasteiger partial charge in [0.25, 0.3) is 0 Å². The number of aliphatic carboxylic acids is 1. The first-order chi connectivity index (χ1) is 15.2. The molecule has 0 spiro atoms. The molecule has 3 nitrogen and oxygen atoms in total. The highest BCUT2D eigenvalue weighted by Gasteiger charge is 2.63. The quantitative estimate of drug-likeness (QED) is 0.370. The van der Waals surface area contributed by atoms with Crippen molar-refractivity contribution in [1.29, 1.82) is 0 Å². The molecule has 2 fully saturated rings. The van der Waals surface area contributed by atoms with E-state index in [0.29, 0.717) is 23.7 Å². The van der Waals surface area contributed by atoms with Gasteiger partial charge in [-0.2, -0.15) is 0 Å². The van der Waals surface area contributed by atoms with Crippen LogP contribution < -0.4 is 0 Å². The maximum atomic E-state index is 11.5. The van der Waals surface area contributed by atoms with Crippen LogP contribution in [0, 0.1) is 39.9 Å². The highest BCUT2D eigenvalue weighted by atomic mass is 16.4. The molecule has 0 aromatic rings. The molecule has 0 aromatic carbocycles. The molecule has 0 saturated heterocycles. The third-order valence-corrected chi connectivity index (χ3v) is 10.4. The second-order valence-electron chi connectivity index (χ2n) is 12.9. The maximum Gasteiger partial charge on any atom is 0.303 e. The van der Waals surface area contributed by atoms with Crippen molar-refractivity contribution in [3.8, 4) is 0 Å². The summed E-state index contributed by atoms with van der Waals surface area (Å²) in [6, 6.07) is 0. The molecular weight excluding hydrogens is 408 g/mol. The number of hydrogen-bond donors (Lipinski definition) is 2. The molecule has 3 aliphatic carbocycles. The monoisotopic (exact) mass is 456 g/mol. The summed E-state index contributed by atoms with van der Waals surface area (Å²) in [6.07, 6.45) is 14.5. The van der Waals surface area contributed by atoms with Gasteiger partial charge in [-0.15, -0.1) is 0 Å². The van der Waals surface area contributed by atoms with E-state index in [4.69, 9.17) is 0 Å². The Bertz CT molecular complexity index is 830. The summed E-state index contributed by atoms with van der Waals surface area (Å²) in [5.41, 5.74) is 2.49. The van der Waals surface area contributed by atoms with Crippen LogP contribution in [-0.4, -0.2) is 21.8 Å². The lowest BCUT2D eigenvalue weighted by atomic mass is 9.44. The minimum atomic E-state index is -0.751. The Kier molecular flexibility index (Phi) is 7.18. The van der Waals surface area contributed by atoms with E-state index in [2.05, 4.69) is 53.3 Å². The van der Waals surface area contributed by atoms with Crippen molar-refractivity contribution >= 4 is 5.97 Å². The summed E-state index contributed by atoms with van der Waals surface area (Å²) in [5, 5.41) is 19.5. The lowest BCUT2D eigenvalue weighted by Gasteiger charge is -2.60. The zero-order chi connectivity index (χ0) is 24.8. The molecule has 3 rings (SSSR count). The summed E-state index contributed by atoms with van der Waals surface area (Å²) in [7, 11) is 0. The van der Waals surface area contributed by atoms with Crippen LogP contribution in [0.25, 0.3) is 0 Å². The van der Waals surface area contributed by atoms with Gasteiger partial charge in [-0.25, -0.2) is 0 Å². The Morgan fingerprint density at radius 1 is 1.27 bits per heavy atom. The summed E-state index contributed by atoms with van der Waals surface area (Å²) < 4.78 is 0. The number of carboxylic acid groups (broad SMARTS) is 1. The maximum absolute atomic E-state index is 11.5. The molecule has 0 unspecified atom stereocenters. The average Bonchev–Trinajstić information content (AvgIpc) is 2.97. The number of allylic oxidation sites excluding steroid dienone is 4. The number of fused-ring (bicyclic) bond motifs is 3. The zero-order valence-electron chi connectivity index (χ0n) is 22.2. The lowest BCUT2D eigenvalue weighted by Crippen LogP contribution is -2.52. The Balaban J connectivity index is 1.90. The van der Waals surface area contributed by atoms with Gasteiger partial charge in [0.05, 0.1) is 5.60 Å². The third-order valence-electron chi connectivity index (χ3n) is 10.4. The van der Waals surface area contributed by atoms with Crippen LogP contribution in [0.3, 0.4) is 0 Å². The van der Waals surface area contributed by atoms with E-state index in [1.54, 1.807) is 5.57 Å². The van der Waals surface area contributed by atoms with Crippen molar-refractivity contribution < 1.29 is 15.0 Å². The fraction of sp³-hybridized carbons (Fsp3) is 0.767. The first-order valence-electron chi connectivity index (χ1n) is 13.1. The Morgan fingerprint density at radius 2 is 1.94 bits per heavy atom. The highest BCUT2D eigenvalue weighted by Crippen LogP contribution is 2.71. The molecule has 0 bridgehead atoms. The third kappa shape index (κ3) is 4.64. The predicted octanol–water partition coefficient (Wildman–Crippen LogP) is 7.57. The highest BCUT2D eigenvalue weighted by molar-refractivity contribution is 5.66. The standard InChI is InChI=1S/C30H48O3/c1-20(2)22-11-12-25-24(28(22,6)17-15-26(31)32)14-19-29(7)23(13-18-30(25,29)8)21(3)10-9-16-27(4,5)33/h9,12,16,21-24,33H,1,10-11,13-15,17-19H2,2-8H3,(H,31,32)/t21-,22+,23-,24-,28+,29-,30+/m1/s1. The molecule has 186 valence electrons. The largest absolute Gasteiger partial charge is 0.481 e. The molecule has 0 aliphatic heterocycles. The number of rotatable bonds is 8. The van der Waals surface area contributed by atoms with Gasteiger partial charge in [-0.05, 0) is 106 Å². The molecular formula is C30H48O3. The fourth-order valence-electron chi connectivity index (χ4n) is 8.32. The van der Waals surface area contributed by atoms with E-state index in [9.17, 15) is 15.0 Å². The number of aliphatic hydroxyl groups is 1. The van der Waals surface area contributed by atoms with Crippen LogP contribution >= 0.6 is 0 Å². The summed E-state index contributed by atoms with van der Waals surface area (Å²) in [4.78, 5) is 11.5. The van der Waals surface area contributed by atoms with Crippen LogP contribution in [-0.2, 0) is 4.79 Å². The smallest absolute Gasteiger partial charge is 0.303 e. The van der Waals surface area contributed by atoms with Crippen molar-refractivity contribution in [3.63, 3.8) is 0 Å². The van der Waals surface area contributed by atoms with Crippen molar-refractivity contribution in [2.45, 2.75) is 105 Å². The van der Waals surface area contributed by atoms with Gasteiger partial charge in [-0.3, -0.25) is 4.79 Å². The second-order valence-corrected chi connectivity index (χ2v) is 12.9. The molecule has 3 aliphatic rings. The SMILES string of the molecule is C=C(C)[C@@H]1CC=C2[C@@H](CC[C@]3(C)[C@@H]([C@H](C)CC=CC(C)(C)O)CC[C@@]23C)[C@@]1(C)CCC(=O)O. The van der Waals surface area contributed by atoms with Gasteiger partial charge in [0.1, 0.15) is 0 Å². The van der Waals surface area contributed by atoms with Gasteiger partial charge in [-0.1, -0.05) is 63.6 Å². The summed E-state index contributed by atoms with van der Waals surface area (Å²) >= 11 is 0. The van der Waals surface area contributed by atoms with E-state index in [0.717, 1.165) is 25.7 Å². The van der Waals surface area contributed by atoms with Crippen molar-refractivity contribution in [1.82, 2.24) is 0 Å². The molecule has 7 atom stereocenters. The minimum absolute atomic E-state index is 0.0300. The Morgan fingerprint density at radius 3 is 2.52 bits per heavy atom. The van der Waals surface area contributed by atoms with Crippen molar-refractivity contribution in [3.05, 3.63) is 36.0 Å². The Hall–Kier alpha value is -1.35. The zero-order valence-corrected chi connectivity index (χ0v) is 22.2. The topological polar surface area (TPSA) is 57.5 Å². The van der Waals surface area contributed by atoms with Gasteiger partial charge < -0.3 is 10.2 Å². The molecule has 0 radical (unpaired) electrons. The number of carboxylic acids is 1. The second kappa shape index (κ2) is 9.02. The molecule has 3 heteroatoms. The van der Waals surface area contributed by atoms with Gasteiger partial charge in [0.2, 0.25) is 0 Å². The number of carbonyl (C=O) groups is 1. The summed E-state index contributed by atoms with van der Waals surface area (Å²) in [6.45, 7) is 19.9. The van der Waals surface area contributed by atoms with Crippen LogP contribution in [0.15, 0.2) is 36.0 Å². The first kappa shape index (κ1) is 26.3. The minimum Gasteiger partial charge on any atom is -0.481 e. The molecule has 0 aromatic heterocycles. The van der Waals surface area contributed by atoms with Crippen molar-refractivity contribution in [2.24, 2.45) is 39.9 Å². The Labute approximate surface area is 202 Å². The molecule has 33 heavy (non-hydrogen) atoms. The lowest BCUT2D eigenvalue weighted by molar-refractivity contribution is -0.138. The average molecular weight is 457 g/mol. The summed E-state index contributed by atoms with van der Waals surface area (Å²) in [5.74, 6) is 1.38. The molecule has 2 saturated carbocycles. The first-order valence-corrected chi connectivity index (χ1v) is 13.1. The molecule has 2 N–H and O–H groups in total. The van der Waals surface area contributed by atoms with Crippen LogP contribution in [0.4, 0.5) is 0 Å². The van der Waals surface area contributed by atoms with Gasteiger partial charge in [0.15, 0.2) is 0 Å². The van der Waals surface area contributed by atoms with E-state index >= 15 is 0 Å². The van der Waals surface area contributed by atoms with Gasteiger partial charge >= 0.3 is 5.97 Å². The fourth-order valence-corrected chi connectivity index (χ4v) is 8.32. The normalized spacial score (nSPS) is 39.6. The molecule has 0 heterocycles. The van der Waals surface area contributed by atoms with Crippen molar-refractivity contribution in [2.75, 3.05) is 0 Å². The number of hydrogen-bond acceptors (Lipinski definition) is 2.